The van der Waals surface area contributed by atoms with Gasteiger partial charge < -0.3 is 15.1 Å². The second-order valence-corrected chi connectivity index (χ2v) is 6.53. The molecule has 0 radical (unpaired) electrons. The summed E-state index contributed by atoms with van der Waals surface area (Å²) >= 11 is 0. The summed E-state index contributed by atoms with van der Waals surface area (Å²) < 4.78 is 38.5. The van der Waals surface area contributed by atoms with Gasteiger partial charge in [-0.25, -0.2) is 4.99 Å². The number of alkyl halides is 3. The number of benzene rings is 1. The highest BCUT2D eigenvalue weighted by atomic mass is 127. The van der Waals surface area contributed by atoms with Crippen LogP contribution in [0.2, 0.25) is 0 Å². The predicted octanol–water partition coefficient (Wildman–Crippen LogP) is 3.34. The average Bonchev–Trinajstić information content (AvgIpc) is 2.61. The van der Waals surface area contributed by atoms with E-state index in [1.165, 1.54) is 11.0 Å². The minimum Gasteiger partial charge on any atom is -0.347 e. The Morgan fingerprint density at radius 3 is 2.48 bits per heavy atom. The number of hydrogen-bond acceptors (Lipinski definition) is 2. The van der Waals surface area contributed by atoms with E-state index in [0.29, 0.717) is 11.5 Å². The van der Waals surface area contributed by atoms with Gasteiger partial charge in [0.2, 0.25) is 5.91 Å². The number of guanidine groups is 1. The number of nitrogens with one attached hydrogen (secondary N) is 1. The number of aliphatic imine (C=N–C) groups is 1. The molecule has 5 nitrogen and oxygen atoms in total. The zero-order valence-corrected chi connectivity index (χ0v) is 17.9. The molecule has 1 amide bonds. The summed E-state index contributed by atoms with van der Waals surface area (Å²) in [5.41, 5.74) is -0.199. The van der Waals surface area contributed by atoms with Gasteiger partial charge in [-0.3, -0.25) is 4.79 Å². The summed E-state index contributed by atoms with van der Waals surface area (Å²) in [5, 5.41) is 3.05. The molecule has 1 N–H and O–H groups in total. The second kappa shape index (κ2) is 10.7. The highest BCUT2D eigenvalue weighted by molar-refractivity contribution is 14.0. The van der Waals surface area contributed by atoms with Crippen LogP contribution in [0.15, 0.2) is 29.3 Å². The van der Waals surface area contributed by atoms with E-state index in [0.717, 1.165) is 44.5 Å². The number of likely N-dealkylation sites (tertiary alicyclic amines) is 1. The quantitative estimate of drug-likeness (QED) is 0.394. The minimum absolute atomic E-state index is 0. The van der Waals surface area contributed by atoms with Crippen molar-refractivity contribution >= 4 is 35.8 Å². The summed E-state index contributed by atoms with van der Waals surface area (Å²) in [4.78, 5) is 19.8. The maximum Gasteiger partial charge on any atom is 0.416 e. The number of piperidine rings is 1. The minimum atomic E-state index is -4.37. The number of halogens is 4. The topological polar surface area (TPSA) is 47.9 Å². The summed E-state index contributed by atoms with van der Waals surface area (Å²) in [6.45, 7) is 1.87. The monoisotopic (exact) mass is 498 g/mol. The van der Waals surface area contributed by atoms with Crippen LogP contribution in [0.4, 0.5) is 13.2 Å². The zero-order valence-electron chi connectivity index (χ0n) is 15.6. The van der Waals surface area contributed by atoms with Gasteiger partial charge in [-0.1, -0.05) is 12.1 Å². The Morgan fingerprint density at radius 1 is 1.22 bits per heavy atom. The first-order chi connectivity index (χ1) is 12.3. The molecule has 1 aromatic rings. The van der Waals surface area contributed by atoms with E-state index >= 15 is 0 Å². The van der Waals surface area contributed by atoms with Crippen molar-refractivity contribution in [2.75, 3.05) is 33.7 Å². The molecule has 1 saturated heterocycles. The van der Waals surface area contributed by atoms with Gasteiger partial charge in [-0.05, 0) is 37.0 Å². The molecule has 152 valence electrons. The van der Waals surface area contributed by atoms with Crippen LogP contribution < -0.4 is 5.32 Å². The van der Waals surface area contributed by atoms with E-state index in [-0.39, 0.29) is 43.0 Å². The van der Waals surface area contributed by atoms with Gasteiger partial charge in [0.15, 0.2) is 5.96 Å². The maximum atomic E-state index is 12.8. The van der Waals surface area contributed by atoms with Gasteiger partial charge in [0.05, 0.1) is 18.7 Å². The Hall–Kier alpha value is -1.52. The molecule has 1 aromatic carbocycles. The van der Waals surface area contributed by atoms with E-state index in [1.54, 1.807) is 20.2 Å². The van der Waals surface area contributed by atoms with E-state index < -0.39 is 11.7 Å². The molecule has 0 aromatic heterocycles. The van der Waals surface area contributed by atoms with Crippen LogP contribution in [0.5, 0.6) is 0 Å². The van der Waals surface area contributed by atoms with Crippen molar-refractivity contribution in [2.45, 2.75) is 32.0 Å². The Bertz CT molecular complexity index is 644. The normalized spacial score (nSPS) is 15.1. The Labute approximate surface area is 175 Å². The molecule has 1 aliphatic heterocycles. The van der Waals surface area contributed by atoms with Crippen molar-refractivity contribution in [3.8, 4) is 0 Å². The lowest BCUT2D eigenvalue weighted by Crippen LogP contribution is -2.47. The zero-order chi connectivity index (χ0) is 19.2. The highest BCUT2D eigenvalue weighted by Gasteiger charge is 2.30. The number of carbonyl (C=O) groups is 1. The maximum absolute atomic E-state index is 12.8. The van der Waals surface area contributed by atoms with Crippen molar-refractivity contribution in [3.63, 3.8) is 0 Å². The molecule has 0 bridgehead atoms. The van der Waals surface area contributed by atoms with Crippen LogP contribution >= 0.6 is 24.0 Å². The lowest BCUT2D eigenvalue weighted by Gasteiger charge is -2.30. The van der Waals surface area contributed by atoms with Gasteiger partial charge >= 0.3 is 6.18 Å². The van der Waals surface area contributed by atoms with Crippen LogP contribution in [0.25, 0.3) is 0 Å². The molecule has 2 rings (SSSR count). The van der Waals surface area contributed by atoms with Crippen molar-refractivity contribution in [1.82, 2.24) is 15.1 Å². The van der Waals surface area contributed by atoms with Crippen molar-refractivity contribution < 1.29 is 18.0 Å². The Morgan fingerprint density at radius 2 is 1.89 bits per heavy atom. The van der Waals surface area contributed by atoms with Crippen LogP contribution in [-0.2, 0) is 17.5 Å². The van der Waals surface area contributed by atoms with Crippen molar-refractivity contribution in [3.05, 3.63) is 35.4 Å². The summed E-state index contributed by atoms with van der Waals surface area (Å²) in [6, 6.07) is 5.17. The molecular weight excluding hydrogens is 472 g/mol. The van der Waals surface area contributed by atoms with Gasteiger partial charge in [-0.2, -0.15) is 13.2 Å². The third-order valence-corrected chi connectivity index (χ3v) is 4.22. The first kappa shape index (κ1) is 23.5. The molecule has 0 unspecified atom stereocenters. The van der Waals surface area contributed by atoms with E-state index in [1.807, 2.05) is 0 Å². The Kier molecular flexibility index (Phi) is 9.34. The molecule has 0 saturated carbocycles. The molecular formula is C18H26F3IN4O. The van der Waals surface area contributed by atoms with Crippen LogP contribution in [0.1, 0.15) is 30.4 Å². The van der Waals surface area contributed by atoms with E-state index in [9.17, 15) is 18.0 Å². The summed E-state index contributed by atoms with van der Waals surface area (Å²) in [7, 11) is 3.34. The predicted molar refractivity (Wildman–Crippen MR) is 110 cm³/mol. The fraction of sp³-hybridized carbons (Fsp3) is 0.556. The first-order valence-corrected chi connectivity index (χ1v) is 8.67. The van der Waals surface area contributed by atoms with Crippen LogP contribution in [0, 0.1) is 0 Å². The highest BCUT2D eigenvalue weighted by Crippen LogP contribution is 2.29. The molecule has 1 fully saturated rings. The summed E-state index contributed by atoms with van der Waals surface area (Å²) in [5.74, 6) is 0.478. The first-order valence-electron chi connectivity index (χ1n) is 8.67. The SMILES string of the molecule is CN(C)C(=O)CNC(=NCc1cccc(C(F)(F)F)c1)N1CCCCC1.I. The third kappa shape index (κ3) is 7.55. The van der Waals surface area contributed by atoms with Gasteiger partial charge in [0, 0.05) is 27.2 Å². The molecule has 0 spiro atoms. The number of rotatable bonds is 4. The fourth-order valence-electron chi connectivity index (χ4n) is 2.70. The smallest absolute Gasteiger partial charge is 0.347 e. The number of amides is 1. The van der Waals surface area contributed by atoms with Gasteiger partial charge in [0.1, 0.15) is 0 Å². The van der Waals surface area contributed by atoms with E-state index in [2.05, 4.69) is 15.2 Å². The standard InChI is InChI=1S/C18H25F3N4O.HI/c1-24(2)16(26)13-23-17(25-9-4-3-5-10-25)22-12-14-7-6-8-15(11-14)18(19,20)21;/h6-8,11H,3-5,9-10,12-13H2,1-2H3,(H,22,23);1H. The van der Waals surface area contributed by atoms with Crippen molar-refractivity contribution in [1.29, 1.82) is 0 Å². The molecule has 27 heavy (non-hydrogen) atoms. The molecule has 9 heteroatoms. The molecule has 1 heterocycles. The number of carbonyl (C=O) groups excluding carboxylic acids is 1. The number of hydrogen-bond donors (Lipinski definition) is 1. The van der Waals surface area contributed by atoms with Gasteiger partial charge in [0.25, 0.3) is 0 Å². The molecule has 1 aliphatic rings. The fourth-order valence-corrected chi connectivity index (χ4v) is 2.70. The third-order valence-electron chi connectivity index (χ3n) is 4.22. The number of nitrogens with zero attached hydrogens (tertiary/aromatic N) is 3. The van der Waals surface area contributed by atoms with Crippen LogP contribution in [0.3, 0.4) is 0 Å². The molecule has 0 aliphatic carbocycles. The van der Waals surface area contributed by atoms with Crippen LogP contribution in [-0.4, -0.2) is 55.4 Å². The largest absolute Gasteiger partial charge is 0.416 e. The lowest BCUT2D eigenvalue weighted by atomic mass is 10.1. The van der Waals surface area contributed by atoms with Crippen molar-refractivity contribution in [2.24, 2.45) is 4.99 Å². The lowest BCUT2D eigenvalue weighted by molar-refractivity contribution is -0.137. The molecule has 0 atom stereocenters. The second-order valence-electron chi connectivity index (χ2n) is 6.53. The number of likely N-dealkylation sites (N-methyl/N-ethyl adjacent to an activating group) is 1. The average molecular weight is 498 g/mol. The van der Waals surface area contributed by atoms with E-state index in [4.69, 9.17) is 0 Å². The Balaban J connectivity index is 0.00000364. The summed E-state index contributed by atoms with van der Waals surface area (Å²) in [6.07, 6.45) is -1.16. The van der Waals surface area contributed by atoms with Gasteiger partial charge in [-0.15, -0.1) is 24.0 Å².